The minimum atomic E-state index is -4.40. The normalized spacial score (nSPS) is 11.4. The predicted molar refractivity (Wildman–Crippen MR) is 108 cm³/mol. The van der Waals surface area contributed by atoms with Crippen LogP contribution in [-0.4, -0.2) is 22.4 Å². The molecular weight excluding hydrogens is 441 g/mol. The SMILES string of the molecule is CN(C(=O)Cc1ccc(Oc2ccc(C(F)(F)F)cc2)cc1)c1snc(CO)c1Cl. The number of rotatable bonds is 6. The van der Waals surface area contributed by atoms with Gasteiger partial charge in [-0.25, -0.2) is 0 Å². The number of carbonyl (C=O) groups excluding carboxylic acids is 1. The zero-order valence-corrected chi connectivity index (χ0v) is 17.2. The molecule has 10 heteroatoms. The van der Waals surface area contributed by atoms with Crippen LogP contribution in [0.15, 0.2) is 48.5 Å². The zero-order valence-electron chi connectivity index (χ0n) is 15.6. The zero-order chi connectivity index (χ0) is 21.9. The minimum Gasteiger partial charge on any atom is -0.457 e. The maximum absolute atomic E-state index is 12.6. The Balaban J connectivity index is 1.62. The van der Waals surface area contributed by atoms with Gasteiger partial charge in [0.05, 0.1) is 18.6 Å². The maximum atomic E-state index is 12.6. The van der Waals surface area contributed by atoms with Crippen molar-refractivity contribution in [2.24, 2.45) is 0 Å². The molecule has 0 saturated heterocycles. The lowest BCUT2D eigenvalue weighted by Gasteiger charge is -2.15. The van der Waals surface area contributed by atoms with Crippen molar-refractivity contribution in [3.63, 3.8) is 0 Å². The molecule has 0 radical (unpaired) electrons. The highest BCUT2D eigenvalue weighted by molar-refractivity contribution is 7.11. The average molecular weight is 457 g/mol. The number of likely N-dealkylation sites (N-methyl/N-ethyl adjacent to an activating group) is 1. The molecule has 0 spiro atoms. The Morgan fingerprint density at radius 2 is 1.70 bits per heavy atom. The molecule has 3 rings (SSSR count). The number of alkyl halides is 3. The lowest BCUT2D eigenvalue weighted by atomic mass is 10.1. The van der Waals surface area contributed by atoms with Gasteiger partial charge in [-0.2, -0.15) is 17.5 Å². The van der Waals surface area contributed by atoms with E-state index in [1.807, 2.05) is 0 Å². The summed E-state index contributed by atoms with van der Waals surface area (Å²) in [5.74, 6) is 0.477. The number of hydrogen-bond donors (Lipinski definition) is 1. The molecule has 0 fully saturated rings. The van der Waals surface area contributed by atoms with Crippen LogP contribution < -0.4 is 9.64 Å². The first-order valence-corrected chi connectivity index (χ1v) is 9.79. The molecule has 1 amide bonds. The molecule has 0 unspecified atom stereocenters. The van der Waals surface area contributed by atoms with E-state index in [9.17, 15) is 18.0 Å². The van der Waals surface area contributed by atoms with Crippen LogP contribution in [0.1, 0.15) is 16.8 Å². The summed E-state index contributed by atoms with van der Waals surface area (Å²) in [7, 11) is 1.57. The number of benzene rings is 2. The third-order valence-corrected chi connectivity index (χ3v) is 5.68. The van der Waals surface area contributed by atoms with Crippen LogP contribution in [0.2, 0.25) is 5.02 Å². The van der Waals surface area contributed by atoms with Gasteiger partial charge in [-0.3, -0.25) is 4.79 Å². The van der Waals surface area contributed by atoms with E-state index in [1.54, 1.807) is 31.3 Å². The Labute approximate surface area is 179 Å². The van der Waals surface area contributed by atoms with Crippen molar-refractivity contribution in [3.05, 3.63) is 70.4 Å². The summed E-state index contributed by atoms with van der Waals surface area (Å²) >= 11 is 7.14. The van der Waals surface area contributed by atoms with E-state index in [-0.39, 0.29) is 29.7 Å². The first-order chi connectivity index (χ1) is 14.2. The third-order valence-electron chi connectivity index (χ3n) is 4.21. The van der Waals surface area contributed by atoms with Crippen LogP contribution in [0.5, 0.6) is 11.5 Å². The number of halogens is 4. The van der Waals surface area contributed by atoms with Gasteiger partial charge in [0.25, 0.3) is 0 Å². The van der Waals surface area contributed by atoms with Crippen LogP contribution in [0.3, 0.4) is 0 Å². The molecule has 1 aromatic heterocycles. The molecule has 3 aromatic rings. The van der Waals surface area contributed by atoms with Crippen molar-refractivity contribution in [1.82, 2.24) is 4.37 Å². The topological polar surface area (TPSA) is 62.7 Å². The molecule has 158 valence electrons. The number of hydrogen-bond acceptors (Lipinski definition) is 5. The van der Waals surface area contributed by atoms with Crippen molar-refractivity contribution in [2.45, 2.75) is 19.2 Å². The second kappa shape index (κ2) is 9.03. The minimum absolute atomic E-state index is 0.0970. The highest BCUT2D eigenvalue weighted by Crippen LogP contribution is 2.34. The van der Waals surface area contributed by atoms with Gasteiger partial charge in [-0.15, -0.1) is 0 Å². The van der Waals surface area contributed by atoms with Gasteiger partial charge in [0.2, 0.25) is 5.91 Å². The lowest BCUT2D eigenvalue weighted by Crippen LogP contribution is -2.27. The Bertz CT molecular complexity index is 1020. The van der Waals surface area contributed by atoms with Gasteiger partial charge in [0.15, 0.2) is 0 Å². The molecular formula is C20H16ClF3N2O3S. The van der Waals surface area contributed by atoms with Gasteiger partial charge >= 0.3 is 6.18 Å². The molecule has 0 atom stereocenters. The van der Waals surface area contributed by atoms with Crippen molar-refractivity contribution >= 4 is 34.0 Å². The number of aliphatic hydroxyl groups is 1. The van der Waals surface area contributed by atoms with Crippen molar-refractivity contribution in [3.8, 4) is 11.5 Å². The van der Waals surface area contributed by atoms with E-state index in [4.69, 9.17) is 21.4 Å². The van der Waals surface area contributed by atoms with Crippen LogP contribution in [0, 0.1) is 0 Å². The Morgan fingerprint density at radius 3 is 2.20 bits per heavy atom. The van der Waals surface area contributed by atoms with Crippen molar-refractivity contribution in [1.29, 1.82) is 0 Å². The predicted octanol–water partition coefficient (Wildman–Crippen LogP) is 5.31. The number of aromatic nitrogens is 1. The van der Waals surface area contributed by atoms with Gasteiger partial charge in [0, 0.05) is 7.05 Å². The van der Waals surface area contributed by atoms with Crippen molar-refractivity contribution < 1.29 is 27.8 Å². The fourth-order valence-corrected chi connectivity index (χ4v) is 3.69. The molecule has 1 N–H and O–H groups in total. The largest absolute Gasteiger partial charge is 0.457 e. The summed E-state index contributed by atoms with van der Waals surface area (Å²) in [6.07, 6.45) is -4.30. The van der Waals surface area contributed by atoms with Crippen molar-refractivity contribution in [2.75, 3.05) is 11.9 Å². The molecule has 0 aliphatic carbocycles. The van der Waals surface area contributed by atoms with Gasteiger partial charge in [-0.1, -0.05) is 23.7 Å². The quantitative estimate of drug-likeness (QED) is 0.546. The highest BCUT2D eigenvalue weighted by atomic mass is 35.5. The fraction of sp³-hybridized carbons (Fsp3) is 0.200. The van der Waals surface area contributed by atoms with E-state index >= 15 is 0 Å². The first kappa shape index (κ1) is 22.1. The summed E-state index contributed by atoms with van der Waals surface area (Å²) in [5.41, 5.74) is 0.288. The van der Waals surface area contributed by atoms with E-state index in [0.29, 0.717) is 16.4 Å². The smallest absolute Gasteiger partial charge is 0.416 e. The summed E-state index contributed by atoms with van der Waals surface area (Å²) in [5, 5.41) is 9.86. The summed E-state index contributed by atoms with van der Waals surface area (Å²) in [4.78, 5) is 13.9. The van der Waals surface area contributed by atoms with Gasteiger partial charge < -0.3 is 14.7 Å². The molecule has 30 heavy (non-hydrogen) atoms. The molecule has 2 aromatic carbocycles. The number of anilines is 1. The standard InChI is InChI=1S/C20H16ClF3N2O3S/c1-26(19-18(21)16(11-27)25-30-19)17(28)10-12-2-6-14(7-3-12)29-15-8-4-13(5-9-15)20(22,23)24/h2-9,27H,10-11H2,1H3. The second-order valence-corrected chi connectivity index (χ2v) is 7.43. The van der Waals surface area contributed by atoms with E-state index < -0.39 is 11.7 Å². The first-order valence-electron chi connectivity index (χ1n) is 8.64. The average Bonchev–Trinajstić information content (AvgIpc) is 3.09. The number of aliphatic hydroxyl groups excluding tert-OH is 1. The molecule has 1 heterocycles. The third kappa shape index (κ3) is 5.10. The number of carbonyl (C=O) groups is 1. The van der Waals surface area contributed by atoms with Crippen LogP contribution in [0.4, 0.5) is 18.2 Å². The summed E-state index contributed by atoms with van der Waals surface area (Å²) in [6.45, 7) is -0.308. The Morgan fingerprint density at radius 1 is 1.13 bits per heavy atom. The lowest BCUT2D eigenvalue weighted by molar-refractivity contribution is -0.137. The molecule has 0 aliphatic rings. The second-order valence-electron chi connectivity index (χ2n) is 6.30. The van der Waals surface area contributed by atoms with Gasteiger partial charge in [0.1, 0.15) is 27.2 Å². The van der Waals surface area contributed by atoms with Crippen LogP contribution in [0.25, 0.3) is 0 Å². The van der Waals surface area contributed by atoms with Gasteiger partial charge in [-0.05, 0) is 53.5 Å². The monoisotopic (exact) mass is 456 g/mol. The fourth-order valence-electron chi connectivity index (χ4n) is 2.54. The van der Waals surface area contributed by atoms with E-state index in [2.05, 4.69) is 4.37 Å². The number of amides is 1. The molecule has 0 aliphatic heterocycles. The summed E-state index contributed by atoms with van der Waals surface area (Å²) in [6, 6.07) is 11.0. The number of ether oxygens (including phenoxy) is 1. The van der Waals surface area contributed by atoms with E-state index in [0.717, 1.165) is 29.2 Å². The van der Waals surface area contributed by atoms with E-state index in [1.165, 1.54) is 17.0 Å². The van der Waals surface area contributed by atoms with Crippen LogP contribution >= 0.6 is 23.1 Å². The number of nitrogens with zero attached hydrogens (tertiary/aromatic N) is 2. The Hall–Kier alpha value is -2.62. The van der Waals surface area contributed by atoms with Crippen LogP contribution in [-0.2, 0) is 24.0 Å². The molecule has 0 saturated carbocycles. The highest BCUT2D eigenvalue weighted by Gasteiger charge is 2.30. The maximum Gasteiger partial charge on any atom is 0.416 e. The summed E-state index contributed by atoms with van der Waals surface area (Å²) < 4.78 is 47.4. The molecule has 5 nitrogen and oxygen atoms in total. The Kier molecular flexibility index (Phi) is 6.64. The molecule has 0 bridgehead atoms.